The van der Waals surface area contributed by atoms with E-state index in [1.807, 2.05) is 14.0 Å². The summed E-state index contributed by atoms with van der Waals surface area (Å²) < 4.78 is 20.1. The van der Waals surface area contributed by atoms with Gasteiger partial charge >= 0.3 is 0 Å². The lowest BCUT2D eigenvalue weighted by Gasteiger charge is -2.39. The fraction of sp³-hybridized carbons (Fsp3) is 0.625. The van der Waals surface area contributed by atoms with Gasteiger partial charge in [-0.25, -0.2) is 4.39 Å². The van der Waals surface area contributed by atoms with Crippen LogP contribution in [0.15, 0.2) is 18.2 Å². The molecule has 0 bridgehead atoms. The summed E-state index contributed by atoms with van der Waals surface area (Å²) in [6.07, 6.45) is 2.32. The number of benzene rings is 1. The average molecular weight is 302 g/mol. The average Bonchev–Trinajstić information content (AvgIpc) is 2.47. The van der Waals surface area contributed by atoms with Crippen LogP contribution in [0.2, 0.25) is 5.02 Å². The molecule has 0 aliphatic rings. The topological polar surface area (TPSA) is 21.3 Å². The quantitative estimate of drug-likeness (QED) is 0.777. The molecular weight excluding hydrogens is 277 g/mol. The van der Waals surface area contributed by atoms with E-state index in [4.69, 9.17) is 16.3 Å². The molecule has 20 heavy (non-hydrogen) atoms. The van der Waals surface area contributed by atoms with Gasteiger partial charge in [0.05, 0.1) is 10.6 Å². The van der Waals surface area contributed by atoms with Gasteiger partial charge in [0.15, 0.2) is 0 Å². The van der Waals surface area contributed by atoms with Crippen molar-refractivity contribution in [2.24, 2.45) is 0 Å². The molecule has 0 saturated carbocycles. The first kappa shape index (κ1) is 17.4. The predicted molar refractivity (Wildman–Crippen MR) is 82.9 cm³/mol. The van der Waals surface area contributed by atoms with Crippen molar-refractivity contribution in [1.29, 1.82) is 0 Å². The van der Waals surface area contributed by atoms with Crippen LogP contribution >= 0.6 is 11.6 Å². The molecule has 1 aromatic rings. The van der Waals surface area contributed by atoms with Gasteiger partial charge in [-0.1, -0.05) is 37.6 Å². The molecule has 0 aromatic heterocycles. The maximum Gasteiger partial charge on any atom is 0.145 e. The molecule has 0 saturated heterocycles. The van der Waals surface area contributed by atoms with Crippen LogP contribution in [-0.4, -0.2) is 25.3 Å². The smallest absolute Gasteiger partial charge is 0.145 e. The lowest BCUT2D eigenvalue weighted by molar-refractivity contribution is -0.0704. The van der Waals surface area contributed by atoms with Crippen LogP contribution < -0.4 is 5.32 Å². The van der Waals surface area contributed by atoms with Gasteiger partial charge in [-0.15, -0.1) is 0 Å². The molecule has 0 radical (unpaired) electrons. The third kappa shape index (κ3) is 3.72. The minimum Gasteiger partial charge on any atom is -0.374 e. The Bertz CT molecular complexity index is 421. The molecule has 2 nitrogen and oxygen atoms in total. The van der Waals surface area contributed by atoms with E-state index < -0.39 is 0 Å². The molecule has 0 heterocycles. The molecule has 0 fully saturated rings. The number of rotatable bonds is 8. The summed E-state index contributed by atoms with van der Waals surface area (Å²) in [7, 11) is 1.90. The Morgan fingerprint density at radius 2 is 1.95 bits per heavy atom. The molecule has 4 heteroatoms. The van der Waals surface area contributed by atoms with E-state index in [0.717, 1.165) is 12.8 Å². The highest BCUT2D eigenvalue weighted by Crippen LogP contribution is 2.29. The zero-order chi connectivity index (χ0) is 15.2. The number of halogens is 2. The number of hydrogen-bond donors (Lipinski definition) is 1. The maximum absolute atomic E-state index is 14.1. The second-order valence-electron chi connectivity index (χ2n) is 4.96. The number of hydrogen-bond acceptors (Lipinski definition) is 2. The largest absolute Gasteiger partial charge is 0.374 e. The minimum atomic E-state index is -0.327. The van der Waals surface area contributed by atoms with Crippen molar-refractivity contribution in [2.75, 3.05) is 13.7 Å². The second kappa shape index (κ2) is 7.96. The zero-order valence-electron chi connectivity index (χ0n) is 12.8. The van der Waals surface area contributed by atoms with Crippen molar-refractivity contribution in [3.63, 3.8) is 0 Å². The summed E-state index contributed by atoms with van der Waals surface area (Å²) in [6.45, 7) is 6.86. The van der Waals surface area contributed by atoms with Crippen LogP contribution in [0.1, 0.15) is 39.2 Å². The molecule has 1 atom stereocenters. The van der Waals surface area contributed by atoms with E-state index in [9.17, 15) is 4.39 Å². The van der Waals surface area contributed by atoms with Gasteiger partial charge in [0, 0.05) is 12.6 Å². The highest BCUT2D eigenvalue weighted by molar-refractivity contribution is 6.30. The van der Waals surface area contributed by atoms with Crippen LogP contribution in [-0.2, 0) is 11.2 Å². The molecule has 1 N–H and O–H groups in total. The molecule has 0 aliphatic heterocycles. The molecule has 114 valence electrons. The predicted octanol–water partition coefficient (Wildman–Crippen LogP) is 4.20. The van der Waals surface area contributed by atoms with E-state index in [1.165, 1.54) is 0 Å². The summed E-state index contributed by atoms with van der Waals surface area (Å²) in [4.78, 5) is 0. The Morgan fingerprint density at radius 3 is 2.45 bits per heavy atom. The van der Waals surface area contributed by atoms with Gasteiger partial charge in [0.1, 0.15) is 5.82 Å². The number of ether oxygens (including phenoxy) is 1. The van der Waals surface area contributed by atoms with Crippen molar-refractivity contribution in [1.82, 2.24) is 5.32 Å². The standard InChI is InChI=1S/C16H25ClFNO/c1-5-16(6-2,20-7-3)14(19-4)11-12-9-8-10-13(17)15(12)18/h8-10,14,19H,5-7,11H2,1-4H3. The fourth-order valence-electron chi connectivity index (χ4n) is 2.81. The normalized spacial score (nSPS) is 13.5. The Kier molecular flexibility index (Phi) is 6.93. The van der Waals surface area contributed by atoms with Crippen molar-refractivity contribution >= 4 is 11.6 Å². The van der Waals surface area contributed by atoms with E-state index in [1.54, 1.807) is 18.2 Å². The van der Waals surface area contributed by atoms with Crippen LogP contribution in [0, 0.1) is 5.82 Å². The Balaban J connectivity index is 3.03. The SMILES string of the molecule is CCOC(CC)(CC)C(Cc1cccc(Cl)c1F)NC. The first-order valence-corrected chi connectivity index (χ1v) is 7.66. The summed E-state index contributed by atoms with van der Waals surface area (Å²) in [5.74, 6) is -0.327. The number of likely N-dealkylation sites (N-methyl/N-ethyl adjacent to an activating group) is 1. The van der Waals surface area contributed by atoms with Crippen molar-refractivity contribution in [2.45, 2.75) is 51.7 Å². The molecule has 1 rings (SSSR count). The summed E-state index contributed by atoms with van der Waals surface area (Å²) in [6, 6.07) is 5.19. The van der Waals surface area contributed by atoms with E-state index >= 15 is 0 Å². The molecular formula is C16H25ClFNO. The molecule has 1 aromatic carbocycles. The first-order valence-electron chi connectivity index (χ1n) is 7.28. The number of nitrogens with one attached hydrogen (secondary N) is 1. The molecule has 0 amide bonds. The summed E-state index contributed by atoms with van der Waals surface area (Å²) in [5, 5.41) is 3.46. The van der Waals surface area contributed by atoms with Crippen molar-refractivity contribution in [3.05, 3.63) is 34.6 Å². The molecule has 0 spiro atoms. The van der Waals surface area contributed by atoms with E-state index in [0.29, 0.717) is 18.6 Å². The van der Waals surface area contributed by atoms with Crippen LogP contribution in [0.4, 0.5) is 4.39 Å². The van der Waals surface area contributed by atoms with E-state index in [2.05, 4.69) is 19.2 Å². The monoisotopic (exact) mass is 301 g/mol. The Labute approximate surface area is 126 Å². The fourth-order valence-corrected chi connectivity index (χ4v) is 3.01. The first-order chi connectivity index (χ1) is 9.54. The van der Waals surface area contributed by atoms with Gasteiger partial charge in [-0.3, -0.25) is 0 Å². The van der Waals surface area contributed by atoms with Gasteiger partial charge in [0.25, 0.3) is 0 Å². The summed E-state index contributed by atoms with van der Waals surface area (Å²) in [5.41, 5.74) is 0.348. The lowest BCUT2D eigenvalue weighted by atomic mass is 9.84. The Morgan fingerprint density at radius 1 is 1.30 bits per heavy atom. The lowest BCUT2D eigenvalue weighted by Crippen LogP contribution is -2.52. The van der Waals surface area contributed by atoms with Gasteiger partial charge in [-0.05, 0) is 44.9 Å². The second-order valence-corrected chi connectivity index (χ2v) is 5.37. The zero-order valence-corrected chi connectivity index (χ0v) is 13.6. The van der Waals surface area contributed by atoms with Gasteiger partial charge < -0.3 is 10.1 Å². The van der Waals surface area contributed by atoms with Crippen LogP contribution in [0.5, 0.6) is 0 Å². The third-order valence-corrected chi connectivity index (χ3v) is 4.36. The van der Waals surface area contributed by atoms with Crippen LogP contribution in [0.25, 0.3) is 0 Å². The van der Waals surface area contributed by atoms with Gasteiger partial charge in [-0.2, -0.15) is 0 Å². The maximum atomic E-state index is 14.1. The van der Waals surface area contributed by atoms with Crippen molar-refractivity contribution < 1.29 is 9.13 Å². The minimum absolute atomic E-state index is 0.0467. The van der Waals surface area contributed by atoms with Gasteiger partial charge in [0.2, 0.25) is 0 Å². The van der Waals surface area contributed by atoms with E-state index in [-0.39, 0.29) is 22.5 Å². The van der Waals surface area contributed by atoms with Crippen molar-refractivity contribution in [3.8, 4) is 0 Å². The molecule has 1 unspecified atom stereocenters. The summed E-state index contributed by atoms with van der Waals surface area (Å²) >= 11 is 5.86. The highest BCUT2D eigenvalue weighted by Gasteiger charge is 2.36. The third-order valence-electron chi connectivity index (χ3n) is 4.07. The highest BCUT2D eigenvalue weighted by atomic mass is 35.5. The van der Waals surface area contributed by atoms with Crippen LogP contribution in [0.3, 0.4) is 0 Å². The molecule has 0 aliphatic carbocycles. The Hall–Kier alpha value is -0.640.